The molecule has 0 saturated carbocycles. The average Bonchev–Trinajstić information content (AvgIpc) is 3.83. The van der Waals surface area contributed by atoms with Gasteiger partial charge in [-0.05, 0) is 93.2 Å². The molecule has 0 amide bonds. The van der Waals surface area contributed by atoms with E-state index in [1.54, 1.807) is 0 Å². The molecular weight excluding hydrogens is 703 g/mol. The van der Waals surface area contributed by atoms with Crippen LogP contribution in [0.1, 0.15) is 0 Å². The fraction of sp³-hybridized carbons (Fsp3) is 0. The molecular formula is C52H33NS2. The molecule has 0 unspecified atom stereocenters. The summed E-state index contributed by atoms with van der Waals surface area (Å²) in [6.07, 6.45) is 0. The Morgan fingerprint density at radius 2 is 0.873 bits per heavy atom. The first-order chi connectivity index (χ1) is 27.3. The molecule has 0 bridgehead atoms. The number of hydrogen-bond acceptors (Lipinski definition) is 3. The van der Waals surface area contributed by atoms with Crippen molar-refractivity contribution in [3.05, 3.63) is 200 Å². The first-order valence-electron chi connectivity index (χ1n) is 18.7. The molecule has 0 N–H and O–H groups in total. The van der Waals surface area contributed by atoms with E-state index in [9.17, 15) is 0 Å². The normalized spacial score (nSPS) is 11.6. The van der Waals surface area contributed by atoms with Crippen LogP contribution in [-0.4, -0.2) is 0 Å². The highest BCUT2D eigenvalue weighted by Crippen LogP contribution is 2.48. The number of rotatable bonds is 6. The second kappa shape index (κ2) is 13.1. The Morgan fingerprint density at radius 1 is 0.309 bits per heavy atom. The van der Waals surface area contributed by atoms with E-state index in [1.807, 2.05) is 22.7 Å². The van der Waals surface area contributed by atoms with E-state index >= 15 is 0 Å². The number of para-hydroxylation sites is 1. The maximum Gasteiger partial charge on any atom is 0.0640 e. The molecule has 1 nitrogen and oxygen atoms in total. The molecule has 2 aromatic heterocycles. The van der Waals surface area contributed by atoms with Crippen molar-refractivity contribution in [3.63, 3.8) is 0 Å². The third kappa shape index (κ3) is 5.43. The van der Waals surface area contributed by atoms with Gasteiger partial charge in [-0.1, -0.05) is 146 Å². The molecule has 11 rings (SSSR count). The summed E-state index contributed by atoms with van der Waals surface area (Å²) in [5, 5.41) is 7.74. The van der Waals surface area contributed by atoms with E-state index in [-0.39, 0.29) is 0 Å². The minimum absolute atomic E-state index is 1.12. The zero-order valence-corrected chi connectivity index (χ0v) is 31.4. The lowest BCUT2D eigenvalue weighted by Gasteiger charge is -2.28. The molecule has 3 heteroatoms. The summed E-state index contributed by atoms with van der Waals surface area (Å²) in [4.78, 5) is 2.47. The maximum atomic E-state index is 2.47. The molecule has 0 aliphatic carbocycles. The van der Waals surface area contributed by atoms with Gasteiger partial charge in [0.25, 0.3) is 0 Å². The molecule has 9 aromatic carbocycles. The number of nitrogens with zero attached hydrogens (tertiary/aromatic N) is 1. The van der Waals surface area contributed by atoms with E-state index in [0.717, 1.165) is 11.4 Å². The Bertz CT molecular complexity index is 3220. The van der Waals surface area contributed by atoms with Crippen LogP contribution in [0.5, 0.6) is 0 Å². The number of hydrogen-bond donors (Lipinski definition) is 0. The largest absolute Gasteiger partial charge is 0.308 e. The Labute approximate surface area is 327 Å². The SMILES string of the molecule is c1cc(-c2ccccc2N(c2ccc(-c3ccc4sc5ccccc5c4c3)cc2)c2cccc3c2sc2ccccc23)cc(-c2cccc3ccccc23)c1. The number of thiophene rings is 2. The topological polar surface area (TPSA) is 3.24 Å². The molecule has 55 heavy (non-hydrogen) atoms. The van der Waals surface area contributed by atoms with Crippen molar-refractivity contribution in [2.75, 3.05) is 4.90 Å². The van der Waals surface area contributed by atoms with Gasteiger partial charge in [0.15, 0.2) is 0 Å². The lowest BCUT2D eigenvalue weighted by atomic mass is 9.94. The molecule has 258 valence electrons. The van der Waals surface area contributed by atoms with Crippen molar-refractivity contribution in [1.82, 2.24) is 0 Å². The second-order valence-electron chi connectivity index (χ2n) is 14.1. The van der Waals surface area contributed by atoms with Gasteiger partial charge >= 0.3 is 0 Å². The van der Waals surface area contributed by atoms with Crippen LogP contribution in [0.2, 0.25) is 0 Å². The van der Waals surface area contributed by atoms with Crippen LogP contribution < -0.4 is 4.90 Å². The molecule has 0 aliphatic rings. The van der Waals surface area contributed by atoms with Gasteiger partial charge in [-0.3, -0.25) is 0 Å². The first kappa shape index (κ1) is 32.0. The Kier molecular flexibility index (Phi) is 7.61. The third-order valence-corrected chi connectivity index (χ3v) is 13.2. The molecule has 0 spiro atoms. The van der Waals surface area contributed by atoms with Gasteiger partial charge in [0, 0.05) is 46.9 Å². The minimum Gasteiger partial charge on any atom is -0.308 e. The summed E-state index contributed by atoms with van der Waals surface area (Å²) in [5.41, 5.74) is 10.7. The summed E-state index contributed by atoms with van der Waals surface area (Å²) in [6.45, 7) is 0. The Hall–Kier alpha value is -6.52. The maximum absolute atomic E-state index is 2.47. The Morgan fingerprint density at radius 3 is 1.73 bits per heavy atom. The van der Waals surface area contributed by atoms with Crippen molar-refractivity contribution in [2.24, 2.45) is 0 Å². The predicted octanol–water partition coefficient (Wildman–Crippen LogP) is 16.0. The van der Waals surface area contributed by atoms with Crippen molar-refractivity contribution in [3.8, 4) is 33.4 Å². The van der Waals surface area contributed by atoms with Crippen LogP contribution in [0.15, 0.2) is 200 Å². The zero-order chi connectivity index (χ0) is 36.3. The molecule has 0 saturated heterocycles. The van der Waals surface area contributed by atoms with Crippen LogP contribution in [0.4, 0.5) is 17.1 Å². The molecule has 0 atom stereocenters. The first-order valence-corrected chi connectivity index (χ1v) is 20.3. The highest BCUT2D eigenvalue weighted by Gasteiger charge is 2.21. The van der Waals surface area contributed by atoms with Crippen LogP contribution in [-0.2, 0) is 0 Å². The van der Waals surface area contributed by atoms with Gasteiger partial charge in [-0.15, -0.1) is 22.7 Å². The van der Waals surface area contributed by atoms with Crippen LogP contribution >= 0.6 is 22.7 Å². The summed E-state index contributed by atoms with van der Waals surface area (Å²) in [6, 6.07) is 73.5. The van der Waals surface area contributed by atoms with Gasteiger partial charge in [0.1, 0.15) is 0 Å². The number of anilines is 3. The van der Waals surface area contributed by atoms with E-state index in [4.69, 9.17) is 0 Å². The fourth-order valence-electron chi connectivity index (χ4n) is 8.27. The molecule has 0 fully saturated rings. The van der Waals surface area contributed by atoms with Crippen LogP contribution in [0.3, 0.4) is 0 Å². The average molecular weight is 736 g/mol. The summed E-state index contributed by atoms with van der Waals surface area (Å²) in [5.74, 6) is 0. The van der Waals surface area contributed by atoms with Gasteiger partial charge in [0.2, 0.25) is 0 Å². The molecule has 0 radical (unpaired) electrons. The second-order valence-corrected chi connectivity index (χ2v) is 16.2. The quantitative estimate of drug-likeness (QED) is 0.164. The van der Waals surface area contributed by atoms with Gasteiger partial charge in [-0.2, -0.15) is 0 Å². The van der Waals surface area contributed by atoms with Crippen molar-refractivity contribution in [2.45, 2.75) is 0 Å². The summed E-state index contributed by atoms with van der Waals surface area (Å²) >= 11 is 3.73. The summed E-state index contributed by atoms with van der Waals surface area (Å²) < 4.78 is 5.23. The summed E-state index contributed by atoms with van der Waals surface area (Å²) in [7, 11) is 0. The van der Waals surface area contributed by atoms with E-state index < -0.39 is 0 Å². The highest BCUT2D eigenvalue weighted by atomic mass is 32.1. The van der Waals surface area contributed by atoms with Crippen molar-refractivity contribution in [1.29, 1.82) is 0 Å². The van der Waals surface area contributed by atoms with Crippen LogP contribution in [0.25, 0.3) is 84.5 Å². The smallest absolute Gasteiger partial charge is 0.0640 e. The molecule has 11 aromatic rings. The molecule has 2 heterocycles. The minimum atomic E-state index is 1.12. The zero-order valence-electron chi connectivity index (χ0n) is 29.8. The predicted molar refractivity (Wildman–Crippen MR) is 241 cm³/mol. The fourth-order valence-corrected chi connectivity index (χ4v) is 10.6. The lowest BCUT2D eigenvalue weighted by molar-refractivity contribution is 1.30. The highest BCUT2D eigenvalue weighted by molar-refractivity contribution is 7.26. The standard InChI is InChI=1S/C52H33NS2/c1-2-16-40-35(12-1)13-10-20-41(40)37-14-9-15-38(32-37)42-17-3-6-22-47(42)53(48-23-11-21-45-43-18-4-8-25-50(43)55-52(45)48)39-29-26-34(27-30-39)36-28-31-51-46(33-36)44-19-5-7-24-49(44)54-51/h1-33H. The third-order valence-electron chi connectivity index (χ3n) is 10.9. The molecule has 0 aliphatic heterocycles. The number of fused-ring (bicyclic) bond motifs is 7. The number of benzene rings is 9. The van der Waals surface area contributed by atoms with Crippen molar-refractivity contribution < 1.29 is 0 Å². The Balaban J connectivity index is 1.08. The van der Waals surface area contributed by atoms with Crippen molar-refractivity contribution >= 4 is 90.9 Å². The van der Waals surface area contributed by atoms with E-state index in [2.05, 4.69) is 205 Å². The monoisotopic (exact) mass is 735 g/mol. The van der Waals surface area contributed by atoms with Gasteiger partial charge < -0.3 is 4.90 Å². The van der Waals surface area contributed by atoms with Gasteiger partial charge in [-0.25, -0.2) is 0 Å². The lowest BCUT2D eigenvalue weighted by Crippen LogP contribution is -2.11. The van der Waals surface area contributed by atoms with Crippen LogP contribution in [0, 0.1) is 0 Å². The van der Waals surface area contributed by atoms with E-state index in [1.165, 1.54) is 90.2 Å². The van der Waals surface area contributed by atoms with E-state index in [0.29, 0.717) is 0 Å². The van der Waals surface area contributed by atoms with Gasteiger partial charge in [0.05, 0.1) is 16.1 Å².